The predicted octanol–water partition coefficient (Wildman–Crippen LogP) is 2.14. The summed E-state index contributed by atoms with van der Waals surface area (Å²) in [5.74, 6) is 3.39. The number of halogens is 1. The summed E-state index contributed by atoms with van der Waals surface area (Å²) in [4.78, 5) is 19.7. The number of para-hydroxylation sites is 1. The highest BCUT2D eigenvalue weighted by Crippen LogP contribution is 2.25. The first-order valence-electron chi connectivity index (χ1n) is 10.9. The van der Waals surface area contributed by atoms with E-state index in [1.165, 1.54) is 5.82 Å². The number of aryl methyl sites for hydroxylation is 1. The van der Waals surface area contributed by atoms with E-state index in [1.54, 1.807) is 0 Å². The molecule has 3 aliphatic rings. The average Bonchev–Trinajstić information content (AvgIpc) is 3.55. The topological polar surface area (TPSA) is 56.6 Å². The van der Waals surface area contributed by atoms with Crippen LogP contribution in [0.25, 0.3) is 5.69 Å². The number of nitrogens with one attached hydrogen (secondary N) is 1. The van der Waals surface area contributed by atoms with Crippen LogP contribution in [0.3, 0.4) is 0 Å². The van der Waals surface area contributed by atoms with Crippen LogP contribution in [0.4, 0.5) is 5.82 Å². The number of anilines is 1. The zero-order valence-electron chi connectivity index (χ0n) is 17.9. The van der Waals surface area contributed by atoms with E-state index in [1.807, 2.05) is 22.7 Å². The summed E-state index contributed by atoms with van der Waals surface area (Å²) in [6, 6.07) is 13.0. The third-order valence-corrected chi connectivity index (χ3v) is 7.40. The van der Waals surface area contributed by atoms with Gasteiger partial charge in [0.15, 0.2) is 0 Å². The van der Waals surface area contributed by atoms with Crippen LogP contribution < -0.4 is 10.2 Å². The molecule has 1 amide bonds. The monoisotopic (exact) mass is 506 g/mol. The Hall–Kier alpha value is -1.55. The lowest BCUT2D eigenvalue weighted by Crippen LogP contribution is -2.51. The first kappa shape index (κ1) is 22.6. The first-order chi connectivity index (χ1) is 14.7. The maximum Gasteiger partial charge on any atom is 0.240 e. The van der Waals surface area contributed by atoms with Crippen molar-refractivity contribution in [3.8, 4) is 5.69 Å². The molecule has 1 N–H and O–H groups in total. The predicted molar refractivity (Wildman–Crippen MR) is 132 cm³/mol. The number of aromatic nitrogens is 2. The molecule has 3 fully saturated rings. The van der Waals surface area contributed by atoms with Crippen molar-refractivity contribution in [2.24, 2.45) is 0 Å². The number of piperazine rings is 1. The largest absolute Gasteiger partial charge is 0.354 e. The Morgan fingerprint density at radius 1 is 1.13 bits per heavy atom. The van der Waals surface area contributed by atoms with Gasteiger partial charge in [-0.2, -0.15) is 5.10 Å². The molecule has 3 saturated heterocycles. The number of hydrogen-bond acceptors (Lipinski definition) is 6. The van der Waals surface area contributed by atoms with Gasteiger partial charge >= 0.3 is 0 Å². The molecule has 0 spiro atoms. The van der Waals surface area contributed by atoms with E-state index < -0.39 is 0 Å². The van der Waals surface area contributed by atoms with Crippen molar-refractivity contribution in [1.29, 1.82) is 0 Å². The van der Waals surface area contributed by atoms with Gasteiger partial charge in [-0.1, -0.05) is 18.2 Å². The third-order valence-electron chi connectivity index (χ3n) is 6.44. The zero-order chi connectivity index (χ0) is 20.5. The Balaban J connectivity index is 0.00000231. The van der Waals surface area contributed by atoms with Gasteiger partial charge in [0.2, 0.25) is 5.91 Å². The van der Waals surface area contributed by atoms with E-state index in [-0.39, 0.29) is 23.0 Å². The molecule has 1 aromatic carbocycles. The molecule has 3 aliphatic heterocycles. The number of benzene rings is 1. The molecule has 168 valence electrons. The summed E-state index contributed by atoms with van der Waals surface area (Å²) < 4.78 is 2.06. The third kappa shape index (κ3) is 4.79. The summed E-state index contributed by atoms with van der Waals surface area (Å²) in [5, 5.41) is 8.21. The van der Waals surface area contributed by atoms with Crippen LogP contribution in [0.15, 0.2) is 36.4 Å². The van der Waals surface area contributed by atoms with E-state index in [0.717, 1.165) is 68.7 Å². The highest BCUT2D eigenvalue weighted by molar-refractivity contribution is 8.93. The Morgan fingerprint density at radius 2 is 1.90 bits per heavy atom. The molecule has 2 aromatic rings. The maximum absolute atomic E-state index is 12.7. The van der Waals surface area contributed by atoms with Crippen molar-refractivity contribution in [3.63, 3.8) is 0 Å². The van der Waals surface area contributed by atoms with Crippen molar-refractivity contribution in [2.45, 2.75) is 25.4 Å². The van der Waals surface area contributed by atoms with Crippen LogP contribution in [-0.4, -0.2) is 88.5 Å². The minimum atomic E-state index is -0.00566. The second kappa shape index (κ2) is 9.94. The highest BCUT2D eigenvalue weighted by Gasteiger charge is 2.36. The molecule has 4 heterocycles. The van der Waals surface area contributed by atoms with Crippen molar-refractivity contribution in [1.82, 2.24) is 24.9 Å². The number of hydrogen-bond donors (Lipinski definition) is 1. The Kier molecular flexibility index (Phi) is 7.26. The molecule has 0 radical (unpaired) electrons. The SMILES string of the molecule is Br.Cc1cc(N2CCN([C@@H]3CN[C@H](C(=O)N4CCSC4)C3)CC2)n(-c2ccccc2)n1. The lowest BCUT2D eigenvalue weighted by atomic mass is 10.1. The van der Waals surface area contributed by atoms with E-state index in [9.17, 15) is 4.79 Å². The minimum Gasteiger partial charge on any atom is -0.354 e. The lowest BCUT2D eigenvalue weighted by molar-refractivity contribution is -0.131. The van der Waals surface area contributed by atoms with Crippen LogP contribution in [0.5, 0.6) is 0 Å². The molecule has 5 rings (SSSR count). The van der Waals surface area contributed by atoms with Crippen molar-refractivity contribution < 1.29 is 4.79 Å². The Bertz CT molecular complexity index is 879. The highest BCUT2D eigenvalue weighted by atomic mass is 79.9. The molecule has 9 heteroatoms. The van der Waals surface area contributed by atoms with Crippen molar-refractivity contribution in [3.05, 3.63) is 42.1 Å². The van der Waals surface area contributed by atoms with Crippen LogP contribution >= 0.6 is 28.7 Å². The van der Waals surface area contributed by atoms with Gasteiger partial charge in [0.1, 0.15) is 5.82 Å². The maximum atomic E-state index is 12.7. The van der Waals surface area contributed by atoms with Crippen molar-refractivity contribution in [2.75, 3.05) is 55.8 Å². The molecule has 0 saturated carbocycles. The number of carbonyl (C=O) groups excluding carboxylic acids is 1. The van der Waals surface area contributed by atoms with Gasteiger partial charge in [0, 0.05) is 57.1 Å². The average molecular weight is 508 g/mol. The molecule has 31 heavy (non-hydrogen) atoms. The standard InChI is InChI=1S/C22H30N6OS.BrH/c1-17-13-21(28(24-17)18-5-3-2-4-6-18)26-9-7-25(8-10-26)19-14-20(23-15-19)22(29)27-11-12-30-16-27;/h2-6,13,19-20,23H,7-12,14-16H2,1H3;1H/t19-,20-;/m0./s1. The van der Waals surface area contributed by atoms with Gasteiger partial charge < -0.3 is 15.1 Å². The molecule has 1 aromatic heterocycles. The fourth-order valence-corrected chi connectivity index (χ4v) is 5.73. The van der Waals surface area contributed by atoms with Crippen LogP contribution in [-0.2, 0) is 4.79 Å². The minimum absolute atomic E-state index is 0. The van der Waals surface area contributed by atoms with Crippen LogP contribution in [0.2, 0.25) is 0 Å². The first-order valence-corrected chi connectivity index (χ1v) is 12.1. The second-order valence-corrected chi connectivity index (χ2v) is 9.48. The number of rotatable bonds is 4. The van der Waals surface area contributed by atoms with Gasteiger partial charge in [-0.15, -0.1) is 28.7 Å². The molecular weight excluding hydrogens is 476 g/mol. The van der Waals surface area contributed by atoms with Gasteiger partial charge in [0.05, 0.1) is 23.3 Å². The summed E-state index contributed by atoms with van der Waals surface area (Å²) in [7, 11) is 0. The fraction of sp³-hybridized carbons (Fsp3) is 0.545. The van der Waals surface area contributed by atoms with Crippen molar-refractivity contribution >= 4 is 40.5 Å². The number of thioether (sulfide) groups is 1. The molecule has 0 aliphatic carbocycles. The van der Waals surface area contributed by atoms with E-state index in [4.69, 9.17) is 5.10 Å². The fourth-order valence-electron chi connectivity index (χ4n) is 4.78. The van der Waals surface area contributed by atoms with Gasteiger partial charge in [-0.05, 0) is 25.5 Å². The summed E-state index contributed by atoms with van der Waals surface area (Å²) >= 11 is 1.85. The summed E-state index contributed by atoms with van der Waals surface area (Å²) in [6.07, 6.45) is 0.932. The quantitative estimate of drug-likeness (QED) is 0.685. The van der Waals surface area contributed by atoms with E-state index in [2.05, 4.69) is 57.1 Å². The van der Waals surface area contributed by atoms with Gasteiger partial charge in [-0.25, -0.2) is 4.68 Å². The summed E-state index contributed by atoms with van der Waals surface area (Å²) in [6.45, 7) is 7.88. The van der Waals surface area contributed by atoms with Crippen LogP contribution in [0.1, 0.15) is 12.1 Å². The Labute approximate surface area is 198 Å². The van der Waals surface area contributed by atoms with Crippen LogP contribution in [0, 0.1) is 6.92 Å². The summed E-state index contributed by atoms with van der Waals surface area (Å²) in [5.41, 5.74) is 2.14. The second-order valence-electron chi connectivity index (χ2n) is 8.40. The van der Waals surface area contributed by atoms with E-state index in [0.29, 0.717) is 11.9 Å². The molecular formula is C22H31BrN6OS. The molecule has 7 nitrogen and oxygen atoms in total. The number of carbonyl (C=O) groups is 1. The molecule has 0 bridgehead atoms. The lowest BCUT2D eigenvalue weighted by Gasteiger charge is -2.38. The Morgan fingerprint density at radius 3 is 2.61 bits per heavy atom. The zero-order valence-corrected chi connectivity index (χ0v) is 20.5. The molecule has 2 atom stereocenters. The van der Waals surface area contributed by atoms with E-state index >= 15 is 0 Å². The van der Waals surface area contributed by atoms with Gasteiger partial charge in [-0.3, -0.25) is 9.69 Å². The number of nitrogens with zero attached hydrogens (tertiary/aromatic N) is 5. The number of amides is 1. The normalized spacial score (nSPS) is 24.4. The molecule has 0 unspecified atom stereocenters. The smallest absolute Gasteiger partial charge is 0.240 e. The van der Waals surface area contributed by atoms with Gasteiger partial charge in [0.25, 0.3) is 0 Å².